The lowest BCUT2D eigenvalue weighted by molar-refractivity contribution is -0.144. The highest BCUT2D eigenvalue weighted by molar-refractivity contribution is 7.98. The summed E-state index contributed by atoms with van der Waals surface area (Å²) in [5.74, 6) is -8.58. The molecule has 0 unspecified atom stereocenters. The zero-order chi connectivity index (χ0) is 61.9. The number of guanidine groups is 1. The van der Waals surface area contributed by atoms with Crippen LogP contribution >= 0.6 is 23.5 Å². The molecule has 1 aliphatic heterocycles. The summed E-state index contributed by atoms with van der Waals surface area (Å²) in [5.41, 5.74) is 24.3. The monoisotopic (exact) mass is 1200 g/mol. The van der Waals surface area contributed by atoms with E-state index in [2.05, 4.69) is 42.2 Å². The molecule has 0 spiro atoms. The van der Waals surface area contributed by atoms with Crippen molar-refractivity contribution in [3.05, 3.63) is 102 Å². The fourth-order valence-electron chi connectivity index (χ4n) is 9.14. The largest absolute Gasteiger partial charge is 0.508 e. The number of nitrogens with one attached hydrogen (secondary N) is 7. The Balaban J connectivity index is 1.54. The van der Waals surface area contributed by atoms with Crippen molar-refractivity contribution in [2.75, 3.05) is 37.1 Å². The third kappa shape index (κ3) is 23.0. The summed E-state index contributed by atoms with van der Waals surface area (Å²) in [7, 11) is 0. The summed E-state index contributed by atoms with van der Waals surface area (Å²) < 4.78 is 0. The number of phenols is 1. The number of aromatic hydroxyl groups is 1. The Bertz CT molecular complexity index is 2720. The van der Waals surface area contributed by atoms with Crippen LogP contribution in [0.2, 0.25) is 0 Å². The number of thioether (sulfide) groups is 2. The van der Waals surface area contributed by atoms with Crippen LogP contribution in [0.25, 0.3) is 0 Å². The molecule has 84 heavy (non-hydrogen) atoms. The first kappa shape index (κ1) is 68.6. The number of benzene rings is 3. The first-order chi connectivity index (χ1) is 40.0. The van der Waals surface area contributed by atoms with Crippen LogP contribution in [-0.2, 0) is 67.2 Å². The van der Waals surface area contributed by atoms with E-state index in [1.165, 1.54) is 52.7 Å². The number of carboxylic acids is 1. The van der Waals surface area contributed by atoms with Crippen molar-refractivity contribution >= 4 is 88.6 Å². The molecule has 3 aromatic rings. The van der Waals surface area contributed by atoms with Crippen molar-refractivity contribution in [1.29, 1.82) is 0 Å². The average molecular weight is 1200 g/mol. The lowest BCUT2D eigenvalue weighted by atomic mass is 10.0. The number of aliphatic imine (C=N–C) groups is 1. The molecule has 4 rings (SSSR count). The van der Waals surface area contributed by atoms with E-state index in [4.69, 9.17) is 22.9 Å². The minimum atomic E-state index is -1.71. The molecule has 9 atom stereocenters. The van der Waals surface area contributed by atoms with Gasteiger partial charge in [-0.2, -0.15) is 23.5 Å². The number of nitrogens with zero attached hydrogens (tertiary/aromatic N) is 2. The standard InChI is InChI=1S/C57H81N13O12S2/c1-33(2)47(55(80)70-26-12-18-45(70)54(79)67-42(29-34-13-7-5-8-14-34)52(77)68-44(56(81)82)31-35-15-9-6-10-16-35)69-50(75)40(24-28-84-4)64-53(78)43(32-46(59)72)66-51(76)41(30-36-19-21-37(71)22-20-36)65-49(74)39(23-27-83-3)63-48(73)38(58)17-11-25-62-57(60)61/h5-10,13-16,19-22,33,38-45,47,71H,11-12,17-18,23-32,58H2,1-4H3,(H2,59,72)(H,63,73)(H,64,78)(H,65,74)(H,66,76)(H,67,79)(H,68,77)(H,69,75)(H,81,82)(H4,60,61,62)/t38-,39-,40-,41-,42-,43-,44-,45-,47-/m0/s1. The van der Waals surface area contributed by atoms with E-state index in [0.29, 0.717) is 41.0 Å². The van der Waals surface area contributed by atoms with Crippen LogP contribution < -0.4 is 60.2 Å². The van der Waals surface area contributed by atoms with Gasteiger partial charge in [0, 0.05) is 32.4 Å². The number of amides is 9. The number of nitrogens with two attached hydrogens (primary N) is 4. The molecule has 0 bridgehead atoms. The van der Waals surface area contributed by atoms with E-state index < -0.39 is 126 Å². The SMILES string of the molecule is CSCC[C@H](NC(=O)[C@H](CC(N)=O)NC(=O)[C@H](Cc1ccc(O)cc1)NC(=O)[C@H](CCSC)NC(=O)[C@@H](N)CCCN=C(N)N)C(=O)N[C@H](C(=O)N1CCC[C@H]1C(=O)N[C@@H](Cc1ccccc1)C(=O)N[C@@H](Cc1ccccc1)C(=O)O)C(C)C. The number of hydrogen-bond donors (Lipinski definition) is 13. The quantitative estimate of drug-likeness (QED) is 0.0197. The van der Waals surface area contributed by atoms with Gasteiger partial charge in [0.05, 0.1) is 12.5 Å². The Morgan fingerprint density at radius 3 is 1.56 bits per heavy atom. The molecule has 27 heteroatoms. The summed E-state index contributed by atoms with van der Waals surface area (Å²) in [4.78, 5) is 143. The second-order valence-corrected chi connectivity index (χ2v) is 22.6. The number of hydrogen-bond acceptors (Lipinski definition) is 15. The van der Waals surface area contributed by atoms with Gasteiger partial charge < -0.3 is 75.3 Å². The van der Waals surface area contributed by atoms with Crippen LogP contribution in [0.4, 0.5) is 0 Å². The molecular formula is C57H81N13O12S2. The number of carboxylic acid groups (broad SMARTS) is 1. The highest BCUT2D eigenvalue weighted by atomic mass is 32.2. The van der Waals surface area contributed by atoms with Crippen molar-refractivity contribution in [3.8, 4) is 5.75 Å². The minimum absolute atomic E-state index is 0.00525. The van der Waals surface area contributed by atoms with Gasteiger partial charge in [-0.3, -0.25) is 48.1 Å². The zero-order valence-electron chi connectivity index (χ0n) is 47.8. The topological polar surface area (TPSA) is 415 Å². The fraction of sp³-hybridized carbons (Fsp3) is 0.491. The molecule has 0 radical (unpaired) electrons. The van der Waals surface area contributed by atoms with E-state index in [-0.39, 0.29) is 69.7 Å². The van der Waals surface area contributed by atoms with Crippen LogP contribution in [0.15, 0.2) is 89.9 Å². The van der Waals surface area contributed by atoms with Crippen molar-refractivity contribution < 1.29 is 58.2 Å². The summed E-state index contributed by atoms with van der Waals surface area (Å²) in [6, 6.07) is 11.6. The number of carbonyl (C=O) groups excluding carboxylic acids is 9. The highest BCUT2D eigenvalue weighted by Gasteiger charge is 2.41. The van der Waals surface area contributed by atoms with Gasteiger partial charge in [0.15, 0.2) is 5.96 Å². The van der Waals surface area contributed by atoms with E-state index >= 15 is 0 Å². The smallest absolute Gasteiger partial charge is 0.326 e. The summed E-state index contributed by atoms with van der Waals surface area (Å²) in [6.45, 7) is 3.69. The Morgan fingerprint density at radius 1 is 0.595 bits per heavy atom. The molecule has 0 aromatic heterocycles. The molecular weight excluding hydrogens is 1120 g/mol. The molecule has 3 aromatic carbocycles. The third-order valence-corrected chi connectivity index (χ3v) is 15.0. The maximum absolute atomic E-state index is 14.6. The summed E-state index contributed by atoms with van der Waals surface area (Å²) in [5, 5.41) is 38.6. The van der Waals surface area contributed by atoms with Crippen molar-refractivity contribution in [1.82, 2.24) is 42.1 Å². The Labute approximate surface area is 497 Å². The second-order valence-electron chi connectivity index (χ2n) is 20.7. The van der Waals surface area contributed by atoms with Gasteiger partial charge in [-0.05, 0) is 97.3 Å². The second kappa shape index (κ2) is 35.3. The number of primary amides is 1. The molecule has 1 aliphatic rings. The summed E-state index contributed by atoms with van der Waals surface area (Å²) >= 11 is 2.74. The van der Waals surface area contributed by atoms with Crippen LogP contribution in [0.3, 0.4) is 0 Å². The average Bonchev–Trinajstić information content (AvgIpc) is 3.84. The highest BCUT2D eigenvalue weighted by Crippen LogP contribution is 2.22. The first-order valence-electron chi connectivity index (χ1n) is 27.6. The van der Waals surface area contributed by atoms with Gasteiger partial charge in [0.2, 0.25) is 53.2 Å². The minimum Gasteiger partial charge on any atom is -0.508 e. The first-order valence-corrected chi connectivity index (χ1v) is 30.4. The maximum atomic E-state index is 14.6. The molecule has 0 saturated carbocycles. The van der Waals surface area contributed by atoms with Gasteiger partial charge in [0.1, 0.15) is 54.1 Å². The molecule has 0 aliphatic carbocycles. The van der Waals surface area contributed by atoms with E-state index in [9.17, 15) is 58.2 Å². The van der Waals surface area contributed by atoms with Crippen LogP contribution in [-0.4, -0.2) is 172 Å². The molecule has 1 saturated heterocycles. The van der Waals surface area contributed by atoms with Crippen molar-refractivity contribution in [2.45, 2.75) is 132 Å². The Hall–Kier alpha value is -7.91. The molecule has 1 heterocycles. The molecule has 1 fully saturated rings. The van der Waals surface area contributed by atoms with Crippen molar-refractivity contribution in [3.63, 3.8) is 0 Å². The molecule has 17 N–H and O–H groups in total. The predicted octanol–water partition coefficient (Wildman–Crippen LogP) is -0.692. The van der Waals surface area contributed by atoms with Crippen LogP contribution in [0, 0.1) is 5.92 Å². The fourth-order valence-corrected chi connectivity index (χ4v) is 10.1. The normalized spacial score (nSPS) is 15.7. The van der Waals surface area contributed by atoms with Gasteiger partial charge in [0.25, 0.3) is 0 Å². The summed E-state index contributed by atoms with van der Waals surface area (Å²) in [6.07, 6.45) is 3.85. The van der Waals surface area contributed by atoms with E-state index in [1.807, 2.05) is 0 Å². The number of aliphatic carboxylic acids is 1. The number of likely N-dealkylation sites (tertiary alicyclic amines) is 1. The van der Waals surface area contributed by atoms with Crippen LogP contribution in [0.5, 0.6) is 5.75 Å². The lowest BCUT2D eigenvalue weighted by Crippen LogP contribution is -2.61. The van der Waals surface area contributed by atoms with Gasteiger partial charge in [-0.25, -0.2) is 4.79 Å². The Morgan fingerprint density at radius 2 is 1.05 bits per heavy atom. The number of rotatable bonds is 35. The maximum Gasteiger partial charge on any atom is 0.326 e. The molecule has 25 nitrogen and oxygen atoms in total. The third-order valence-electron chi connectivity index (χ3n) is 13.7. The lowest BCUT2D eigenvalue weighted by Gasteiger charge is -2.32. The zero-order valence-corrected chi connectivity index (χ0v) is 49.4. The number of phenolic OH excluding ortho intramolecular Hbond substituents is 1. The van der Waals surface area contributed by atoms with Gasteiger partial charge >= 0.3 is 5.97 Å². The number of carbonyl (C=O) groups is 10. The van der Waals surface area contributed by atoms with Crippen LogP contribution in [0.1, 0.15) is 75.5 Å². The van der Waals surface area contributed by atoms with E-state index in [1.54, 1.807) is 87.0 Å². The Kier molecular flexibility index (Phi) is 28.8. The van der Waals surface area contributed by atoms with Gasteiger partial charge in [-0.1, -0.05) is 86.6 Å². The molecule has 458 valence electrons. The predicted molar refractivity (Wildman–Crippen MR) is 321 cm³/mol. The van der Waals surface area contributed by atoms with E-state index in [0.717, 1.165) is 0 Å². The van der Waals surface area contributed by atoms with Crippen molar-refractivity contribution in [2.24, 2.45) is 33.8 Å². The van der Waals surface area contributed by atoms with Gasteiger partial charge in [-0.15, -0.1) is 0 Å². The molecule has 9 amide bonds.